The Kier molecular flexibility index (Phi) is 4.09. The molecule has 0 bridgehead atoms. The maximum atomic E-state index is 10.9. The lowest BCUT2D eigenvalue weighted by molar-refractivity contribution is 0.0972. The Morgan fingerprint density at radius 2 is 2.32 bits per heavy atom. The van der Waals surface area contributed by atoms with Crippen LogP contribution in [0.3, 0.4) is 0 Å². The summed E-state index contributed by atoms with van der Waals surface area (Å²) in [6.07, 6.45) is 2.38. The van der Waals surface area contributed by atoms with Crippen molar-refractivity contribution < 1.29 is 9.21 Å². The Morgan fingerprint density at radius 1 is 1.53 bits per heavy atom. The molecule has 2 rings (SSSR count). The summed E-state index contributed by atoms with van der Waals surface area (Å²) in [5.41, 5.74) is 11.1. The van der Waals surface area contributed by atoms with Crippen molar-refractivity contribution in [1.29, 1.82) is 0 Å². The number of guanidine groups is 1. The lowest BCUT2D eigenvalue weighted by Crippen LogP contribution is -2.43. The van der Waals surface area contributed by atoms with Gasteiger partial charge in [-0.1, -0.05) is 6.92 Å². The third-order valence-electron chi connectivity index (χ3n) is 3.28. The average Bonchev–Trinajstić information content (AvgIpc) is 2.85. The predicted octanol–water partition coefficient (Wildman–Crippen LogP) is 0.925. The fourth-order valence-electron chi connectivity index (χ4n) is 2.25. The summed E-state index contributed by atoms with van der Waals surface area (Å²) in [6.45, 7) is 4.43. The predicted molar refractivity (Wildman–Crippen MR) is 72.5 cm³/mol. The summed E-state index contributed by atoms with van der Waals surface area (Å²) in [5.74, 6) is 1.33. The van der Waals surface area contributed by atoms with Crippen LogP contribution in [0.5, 0.6) is 0 Å². The van der Waals surface area contributed by atoms with E-state index >= 15 is 0 Å². The van der Waals surface area contributed by atoms with Crippen molar-refractivity contribution >= 4 is 11.9 Å². The van der Waals surface area contributed by atoms with Gasteiger partial charge in [0.25, 0.3) is 5.91 Å². The van der Waals surface area contributed by atoms with Gasteiger partial charge in [0.2, 0.25) is 0 Å². The quantitative estimate of drug-likeness (QED) is 0.626. The third kappa shape index (κ3) is 3.49. The van der Waals surface area contributed by atoms with Crippen molar-refractivity contribution in [3.8, 4) is 0 Å². The molecule has 6 heteroatoms. The summed E-state index contributed by atoms with van der Waals surface area (Å²) in [4.78, 5) is 17.3. The number of amides is 1. The second-order valence-electron chi connectivity index (χ2n) is 5.00. The molecule has 0 radical (unpaired) electrons. The van der Waals surface area contributed by atoms with E-state index in [0.29, 0.717) is 24.2 Å². The number of rotatable bonds is 3. The molecule has 0 saturated carbocycles. The summed E-state index contributed by atoms with van der Waals surface area (Å²) >= 11 is 0. The Morgan fingerprint density at radius 3 is 2.95 bits per heavy atom. The summed E-state index contributed by atoms with van der Waals surface area (Å²) in [7, 11) is 0. The fourth-order valence-corrected chi connectivity index (χ4v) is 2.25. The van der Waals surface area contributed by atoms with Crippen LogP contribution in [0, 0.1) is 5.92 Å². The lowest BCUT2D eigenvalue weighted by Gasteiger charge is -2.31. The highest BCUT2D eigenvalue weighted by Crippen LogP contribution is 2.15. The highest BCUT2D eigenvalue weighted by molar-refractivity contribution is 5.89. The van der Waals surface area contributed by atoms with E-state index in [1.54, 1.807) is 12.1 Å². The molecule has 0 aliphatic carbocycles. The third-order valence-corrected chi connectivity index (χ3v) is 3.28. The zero-order chi connectivity index (χ0) is 13.8. The van der Waals surface area contributed by atoms with Crippen molar-refractivity contribution in [3.63, 3.8) is 0 Å². The molecule has 1 aromatic heterocycles. The van der Waals surface area contributed by atoms with Gasteiger partial charge in [-0.15, -0.1) is 0 Å². The van der Waals surface area contributed by atoms with E-state index in [0.717, 1.165) is 19.5 Å². The number of hydrogen-bond donors (Lipinski definition) is 2. The molecule has 1 fully saturated rings. The topological polar surface area (TPSA) is 97.9 Å². The second kappa shape index (κ2) is 5.77. The summed E-state index contributed by atoms with van der Waals surface area (Å²) < 4.78 is 5.25. The van der Waals surface area contributed by atoms with E-state index in [4.69, 9.17) is 15.9 Å². The molecule has 1 unspecified atom stereocenters. The van der Waals surface area contributed by atoms with Crippen LogP contribution in [0.2, 0.25) is 0 Å². The van der Waals surface area contributed by atoms with Crippen LogP contribution in [0.1, 0.15) is 36.1 Å². The molecule has 104 valence electrons. The Bertz CT molecular complexity index is 481. The number of hydrogen-bond acceptors (Lipinski definition) is 3. The summed E-state index contributed by atoms with van der Waals surface area (Å²) in [6, 6.07) is 3.24. The molecule has 1 saturated heterocycles. The molecule has 1 amide bonds. The minimum atomic E-state index is -0.576. The standard InChI is InChI=1S/C13H20N4O2/c1-9-3-2-6-17(8-9)13(15)16-7-10-4-5-11(19-10)12(14)18/h4-5,9H,2-3,6-8H2,1H3,(H2,14,18)(H2,15,16). The largest absolute Gasteiger partial charge is 0.454 e. The molecule has 1 aromatic rings. The number of likely N-dealkylation sites (tertiary alicyclic amines) is 1. The van der Waals surface area contributed by atoms with E-state index in [2.05, 4.69) is 16.8 Å². The van der Waals surface area contributed by atoms with Gasteiger partial charge in [0.15, 0.2) is 11.7 Å². The van der Waals surface area contributed by atoms with E-state index in [1.807, 2.05) is 0 Å². The maximum absolute atomic E-state index is 10.9. The fraction of sp³-hybridized carbons (Fsp3) is 0.538. The molecular formula is C13H20N4O2. The molecule has 1 aliphatic rings. The van der Waals surface area contributed by atoms with Crippen molar-refractivity contribution in [2.75, 3.05) is 13.1 Å². The Hall–Kier alpha value is -1.98. The molecular weight excluding hydrogens is 244 g/mol. The molecule has 6 nitrogen and oxygen atoms in total. The number of nitrogens with two attached hydrogens (primary N) is 2. The number of carbonyl (C=O) groups is 1. The number of carbonyl (C=O) groups excluding carboxylic acids is 1. The van der Waals surface area contributed by atoms with Crippen molar-refractivity contribution in [1.82, 2.24) is 4.90 Å². The van der Waals surface area contributed by atoms with Crippen LogP contribution >= 0.6 is 0 Å². The lowest BCUT2D eigenvalue weighted by atomic mass is 10.0. The van der Waals surface area contributed by atoms with Gasteiger partial charge in [0.1, 0.15) is 12.3 Å². The smallest absolute Gasteiger partial charge is 0.284 e. The first-order chi connectivity index (χ1) is 9.06. The summed E-state index contributed by atoms with van der Waals surface area (Å²) in [5, 5.41) is 0. The molecule has 1 atom stereocenters. The molecule has 4 N–H and O–H groups in total. The maximum Gasteiger partial charge on any atom is 0.284 e. The van der Waals surface area contributed by atoms with Gasteiger partial charge in [-0.2, -0.15) is 0 Å². The van der Waals surface area contributed by atoms with Crippen LogP contribution < -0.4 is 11.5 Å². The van der Waals surface area contributed by atoms with Gasteiger partial charge in [-0.05, 0) is 30.9 Å². The highest BCUT2D eigenvalue weighted by Gasteiger charge is 2.17. The zero-order valence-electron chi connectivity index (χ0n) is 11.1. The van der Waals surface area contributed by atoms with Crippen LogP contribution in [0.4, 0.5) is 0 Å². The minimum Gasteiger partial charge on any atom is -0.454 e. The Balaban J connectivity index is 1.94. The van der Waals surface area contributed by atoms with Crippen molar-refractivity contribution in [3.05, 3.63) is 23.7 Å². The highest BCUT2D eigenvalue weighted by atomic mass is 16.3. The first-order valence-electron chi connectivity index (χ1n) is 6.49. The molecule has 0 spiro atoms. The Labute approximate surface area is 112 Å². The van der Waals surface area contributed by atoms with Gasteiger partial charge < -0.3 is 20.8 Å². The van der Waals surface area contributed by atoms with Gasteiger partial charge in [-0.3, -0.25) is 4.79 Å². The second-order valence-corrected chi connectivity index (χ2v) is 5.00. The van der Waals surface area contributed by atoms with Crippen LogP contribution in [-0.2, 0) is 6.54 Å². The average molecular weight is 264 g/mol. The molecule has 2 heterocycles. The van der Waals surface area contributed by atoms with Crippen LogP contribution in [-0.4, -0.2) is 29.9 Å². The number of aliphatic imine (C=N–C) groups is 1. The van der Waals surface area contributed by atoms with Crippen molar-refractivity contribution in [2.45, 2.75) is 26.3 Å². The number of furan rings is 1. The van der Waals surface area contributed by atoms with E-state index in [1.165, 1.54) is 6.42 Å². The minimum absolute atomic E-state index is 0.148. The van der Waals surface area contributed by atoms with Gasteiger partial charge in [0, 0.05) is 13.1 Å². The number of nitrogens with zero attached hydrogens (tertiary/aromatic N) is 2. The van der Waals surface area contributed by atoms with Gasteiger partial charge >= 0.3 is 0 Å². The van der Waals surface area contributed by atoms with Crippen LogP contribution in [0.25, 0.3) is 0 Å². The van der Waals surface area contributed by atoms with E-state index < -0.39 is 5.91 Å². The molecule has 0 aromatic carbocycles. The zero-order valence-corrected chi connectivity index (χ0v) is 11.1. The molecule has 1 aliphatic heterocycles. The van der Waals surface area contributed by atoms with E-state index in [9.17, 15) is 4.79 Å². The van der Waals surface area contributed by atoms with E-state index in [-0.39, 0.29) is 5.76 Å². The molecule has 19 heavy (non-hydrogen) atoms. The van der Waals surface area contributed by atoms with Gasteiger partial charge in [0.05, 0.1) is 0 Å². The first-order valence-corrected chi connectivity index (χ1v) is 6.49. The monoisotopic (exact) mass is 264 g/mol. The van der Waals surface area contributed by atoms with Crippen LogP contribution in [0.15, 0.2) is 21.5 Å². The SMILES string of the molecule is CC1CCCN(C(N)=NCc2ccc(C(N)=O)o2)C1. The van der Waals surface area contributed by atoms with Gasteiger partial charge in [-0.25, -0.2) is 4.99 Å². The number of piperidine rings is 1. The normalized spacial score (nSPS) is 20.6. The number of primary amides is 1. The first kappa shape index (κ1) is 13.5. The van der Waals surface area contributed by atoms with Crippen molar-refractivity contribution in [2.24, 2.45) is 22.4 Å².